The van der Waals surface area contributed by atoms with Crippen LogP contribution in [0.1, 0.15) is 53.7 Å². The molecule has 224 valence electrons. The molecule has 2 rings (SSSR count). The zero-order chi connectivity index (χ0) is 29.6. The number of aryl methyl sites for hydroxylation is 1. The molecule has 2 heterocycles. The zero-order valence-corrected chi connectivity index (χ0v) is 28.5. The normalized spacial score (nSPS) is 15.6. The van der Waals surface area contributed by atoms with E-state index < -0.39 is 22.0 Å². The summed E-state index contributed by atoms with van der Waals surface area (Å²) in [5.41, 5.74) is 0.156. The first-order valence-electron chi connectivity index (χ1n) is 14.3. The Kier molecular flexibility index (Phi) is 11.4. The Morgan fingerprint density at radius 2 is 1.59 bits per heavy atom. The molecule has 0 saturated carbocycles. The molecule has 1 aromatic rings. The number of carbonyl (C=O) groups excluding carboxylic acids is 1. The number of amides is 1. The van der Waals surface area contributed by atoms with Gasteiger partial charge in [-0.05, 0) is 57.8 Å². The minimum absolute atomic E-state index is 0.157. The Bertz CT molecular complexity index is 1000. The highest BCUT2D eigenvalue weighted by Gasteiger charge is 2.36. The van der Waals surface area contributed by atoms with Crippen LogP contribution in [0.3, 0.4) is 0 Å². The molecule has 0 N–H and O–H groups in total. The summed E-state index contributed by atoms with van der Waals surface area (Å²) in [6.45, 7) is 27.3. The molecule has 1 saturated heterocycles. The van der Waals surface area contributed by atoms with Gasteiger partial charge in [-0.15, -0.1) is 0 Å². The van der Waals surface area contributed by atoms with E-state index in [0.29, 0.717) is 51.6 Å². The van der Waals surface area contributed by atoms with Gasteiger partial charge in [0, 0.05) is 53.7 Å². The van der Waals surface area contributed by atoms with Crippen molar-refractivity contribution in [2.24, 2.45) is 0 Å². The summed E-state index contributed by atoms with van der Waals surface area (Å²) in [6, 6.07) is 1.05. The number of anilines is 1. The summed E-state index contributed by atoms with van der Waals surface area (Å²) in [4.78, 5) is 34.4. The second-order valence-electron chi connectivity index (χ2n) is 14.3. The predicted molar refractivity (Wildman–Crippen MR) is 164 cm³/mol. The molecule has 0 aromatic carbocycles. The number of aromatic nitrogens is 2. The van der Waals surface area contributed by atoms with E-state index in [1.54, 1.807) is 9.47 Å². The van der Waals surface area contributed by atoms with Gasteiger partial charge in [-0.25, -0.2) is 9.78 Å². The maximum absolute atomic E-state index is 13.4. The molecule has 11 heteroatoms. The van der Waals surface area contributed by atoms with E-state index in [2.05, 4.69) is 53.5 Å². The van der Waals surface area contributed by atoms with Crippen LogP contribution in [0.2, 0.25) is 43.8 Å². The highest BCUT2D eigenvalue weighted by atomic mass is 28.4. The third-order valence-electron chi connectivity index (χ3n) is 7.31. The molecule has 1 aliphatic rings. The number of nitrogens with zero attached hydrogens (tertiary/aromatic N) is 4. The van der Waals surface area contributed by atoms with E-state index >= 15 is 0 Å². The van der Waals surface area contributed by atoms with Crippen LogP contribution in [0.25, 0.3) is 0 Å². The number of hydrogen-bond donors (Lipinski definition) is 0. The standard InChI is InChI=1S/C28H54N4O5Si2/c1-27(2,3)37-26(34)31-16-14-30(15-17-31)24-25(33)32(22-35-19-20-38(7,8)9)21-23(29-24)13-12-18-36-39(10,11)28(4,5)6/h21H,12-20,22H2,1-11H3. The van der Waals surface area contributed by atoms with Crippen molar-refractivity contribution in [1.82, 2.24) is 14.5 Å². The summed E-state index contributed by atoms with van der Waals surface area (Å²) in [5, 5.41) is 0.167. The summed E-state index contributed by atoms with van der Waals surface area (Å²) in [6.07, 6.45) is 3.07. The third-order valence-corrected chi connectivity index (χ3v) is 13.6. The molecule has 0 atom stereocenters. The Labute approximate surface area is 238 Å². The fourth-order valence-electron chi connectivity index (χ4n) is 3.77. The summed E-state index contributed by atoms with van der Waals surface area (Å²) >= 11 is 0. The quantitative estimate of drug-likeness (QED) is 0.249. The molecule has 1 fully saturated rings. The molecular weight excluding hydrogens is 529 g/mol. The van der Waals surface area contributed by atoms with Gasteiger partial charge in [0.2, 0.25) is 0 Å². The molecule has 1 aromatic heterocycles. The topological polar surface area (TPSA) is 86.1 Å². The second-order valence-corrected chi connectivity index (χ2v) is 24.8. The van der Waals surface area contributed by atoms with Crippen LogP contribution >= 0.6 is 0 Å². The summed E-state index contributed by atoms with van der Waals surface area (Å²) in [5.74, 6) is 0.426. The van der Waals surface area contributed by atoms with E-state index in [0.717, 1.165) is 18.2 Å². The van der Waals surface area contributed by atoms with Crippen LogP contribution in [0, 0.1) is 0 Å². The fourth-order valence-corrected chi connectivity index (χ4v) is 5.61. The SMILES string of the molecule is CC(C)(C)OC(=O)N1CCN(c2nc(CCCO[Si](C)(C)C(C)(C)C)cn(COCC[Si](C)(C)C)c2=O)CC1. The monoisotopic (exact) mass is 582 g/mol. The maximum atomic E-state index is 13.4. The molecule has 0 unspecified atom stereocenters. The predicted octanol–water partition coefficient (Wildman–Crippen LogP) is 5.57. The lowest BCUT2D eigenvalue weighted by Gasteiger charge is -2.36. The molecule has 0 bridgehead atoms. The molecule has 1 aliphatic heterocycles. The highest BCUT2D eigenvalue weighted by molar-refractivity contribution is 6.76. The molecule has 0 radical (unpaired) electrons. The van der Waals surface area contributed by atoms with Crippen molar-refractivity contribution in [3.8, 4) is 0 Å². The van der Waals surface area contributed by atoms with E-state index in [9.17, 15) is 9.59 Å². The third kappa shape index (κ3) is 11.0. The molecule has 39 heavy (non-hydrogen) atoms. The van der Waals surface area contributed by atoms with E-state index in [1.165, 1.54) is 0 Å². The number of carbonyl (C=O) groups is 1. The Morgan fingerprint density at radius 1 is 0.974 bits per heavy atom. The summed E-state index contributed by atoms with van der Waals surface area (Å²) < 4.78 is 19.5. The lowest BCUT2D eigenvalue weighted by molar-refractivity contribution is 0.0240. The highest BCUT2D eigenvalue weighted by Crippen LogP contribution is 2.36. The lowest BCUT2D eigenvalue weighted by Crippen LogP contribution is -2.51. The first kappa shape index (κ1) is 33.5. The van der Waals surface area contributed by atoms with Crippen molar-refractivity contribution in [2.45, 2.75) is 111 Å². The summed E-state index contributed by atoms with van der Waals surface area (Å²) in [7, 11) is -3.04. The van der Waals surface area contributed by atoms with Crippen LogP contribution < -0.4 is 10.5 Å². The van der Waals surface area contributed by atoms with Gasteiger partial charge in [0.05, 0.1) is 5.69 Å². The smallest absolute Gasteiger partial charge is 0.410 e. The first-order chi connectivity index (χ1) is 17.8. The number of ether oxygens (including phenoxy) is 2. The molecule has 0 spiro atoms. The largest absolute Gasteiger partial charge is 0.444 e. The molecule has 1 amide bonds. The van der Waals surface area contributed by atoms with E-state index in [4.69, 9.17) is 18.9 Å². The molecule has 9 nitrogen and oxygen atoms in total. The first-order valence-corrected chi connectivity index (χ1v) is 21.0. The van der Waals surface area contributed by atoms with Gasteiger partial charge >= 0.3 is 6.09 Å². The van der Waals surface area contributed by atoms with Crippen molar-refractivity contribution in [2.75, 3.05) is 44.3 Å². The van der Waals surface area contributed by atoms with Crippen LogP contribution in [-0.4, -0.2) is 81.9 Å². The van der Waals surface area contributed by atoms with Gasteiger partial charge in [0.25, 0.3) is 5.56 Å². The van der Waals surface area contributed by atoms with Crippen molar-refractivity contribution in [3.63, 3.8) is 0 Å². The minimum atomic E-state index is -1.81. The Morgan fingerprint density at radius 3 is 2.13 bits per heavy atom. The second kappa shape index (κ2) is 13.3. The van der Waals surface area contributed by atoms with E-state index in [1.807, 2.05) is 31.9 Å². The van der Waals surface area contributed by atoms with Crippen LogP contribution in [0.5, 0.6) is 0 Å². The zero-order valence-electron chi connectivity index (χ0n) is 26.5. The van der Waals surface area contributed by atoms with Crippen LogP contribution in [0.15, 0.2) is 11.0 Å². The van der Waals surface area contributed by atoms with Gasteiger partial charge in [0.1, 0.15) is 12.3 Å². The fraction of sp³-hybridized carbons (Fsp3) is 0.821. The van der Waals surface area contributed by atoms with Crippen molar-refractivity contribution in [3.05, 3.63) is 22.2 Å². The minimum Gasteiger partial charge on any atom is -0.444 e. The average molecular weight is 583 g/mol. The van der Waals surface area contributed by atoms with Gasteiger partial charge in [0.15, 0.2) is 14.1 Å². The van der Waals surface area contributed by atoms with Gasteiger partial charge in [-0.3, -0.25) is 9.36 Å². The molecular formula is C28H54N4O5Si2. The van der Waals surface area contributed by atoms with Crippen molar-refractivity contribution in [1.29, 1.82) is 0 Å². The number of rotatable bonds is 11. The van der Waals surface area contributed by atoms with Crippen LogP contribution in [0.4, 0.5) is 10.6 Å². The van der Waals surface area contributed by atoms with Gasteiger partial charge in [-0.1, -0.05) is 40.4 Å². The van der Waals surface area contributed by atoms with Crippen molar-refractivity contribution < 1.29 is 18.7 Å². The van der Waals surface area contributed by atoms with Gasteiger partial charge in [-0.2, -0.15) is 0 Å². The van der Waals surface area contributed by atoms with Gasteiger partial charge < -0.3 is 23.7 Å². The maximum Gasteiger partial charge on any atom is 0.410 e. The number of piperazine rings is 1. The molecule has 0 aliphatic carbocycles. The Balaban J connectivity index is 2.14. The Hall–Kier alpha value is -1.70. The van der Waals surface area contributed by atoms with E-state index in [-0.39, 0.29) is 23.4 Å². The number of hydrogen-bond acceptors (Lipinski definition) is 7. The van der Waals surface area contributed by atoms with Crippen LogP contribution in [-0.2, 0) is 27.1 Å². The average Bonchev–Trinajstić information content (AvgIpc) is 2.78. The van der Waals surface area contributed by atoms with Crippen molar-refractivity contribution >= 4 is 28.3 Å². The lowest BCUT2D eigenvalue weighted by atomic mass is 10.2.